The summed E-state index contributed by atoms with van der Waals surface area (Å²) in [5, 5.41) is 6.25. The Bertz CT molecular complexity index is 229. The van der Waals surface area contributed by atoms with Crippen LogP contribution in [0.4, 0.5) is 0 Å². The Morgan fingerprint density at radius 2 is 2.00 bits per heavy atom. The van der Waals surface area contributed by atoms with Crippen molar-refractivity contribution in [1.82, 2.24) is 10.6 Å². The lowest BCUT2D eigenvalue weighted by Gasteiger charge is -2.28. The minimum atomic E-state index is -0.129. The highest BCUT2D eigenvalue weighted by atomic mass is 16.2. The van der Waals surface area contributed by atoms with Crippen LogP contribution in [0.2, 0.25) is 0 Å². The predicted octanol–water partition coefficient (Wildman–Crippen LogP) is 2.07. The van der Waals surface area contributed by atoms with Crippen molar-refractivity contribution in [2.75, 3.05) is 6.54 Å². The van der Waals surface area contributed by atoms with Gasteiger partial charge in [0.2, 0.25) is 5.91 Å². The maximum atomic E-state index is 11.6. The molecule has 0 heterocycles. The van der Waals surface area contributed by atoms with Gasteiger partial charge in [-0.15, -0.1) is 0 Å². The normalized spacial score (nSPS) is 19.0. The minimum absolute atomic E-state index is 0.0907. The molecule has 2 N–H and O–H groups in total. The molecule has 0 aromatic carbocycles. The van der Waals surface area contributed by atoms with Crippen LogP contribution in [0.3, 0.4) is 0 Å². The molecule has 0 saturated heterocycles. The van der Waals surface area contributed by atoms with E-state index in [0.29, 0.717) is 12.6 Å². The maximum Gasteiger partial charge on any atom is 0.234 e. The third-order valence-electron chi connectivity index (χ3n) is 3.04. The van der Waals surface area contributed by atoms with Gasteiger partial charge in [-0.2, -0.15) is 0 Å². The Kier molecular flexibility index (Phi) is 4.78. The molecule has 16 heavy (non-hydrogen) atoms. The molecule has 1 amide bonds. The fraction of sp³-hybridized carbons (Fsp3) is 0.923. The number of carbonyl (C=O) groups is 1. The van der Waals surface area contributed by atoms with E-state index in [0.717, 1.165) is 5.92 Å². The molecule has 0 aromatic rings. The van der Waals surface area contributed by atoms with Gasteiger partial charge in [-0.3, -0.25) is 4.79 Å². The topological polar surface area (TPSA) is 41.1 Å². The highest BCUT2D eigenvalue weighted by Crippen LogP contribution is 2.30. The molecule has 1 atom stereocenters. The Labute approximate surface area is 99.4 Å². The molecular weight excluding hydrogens is 200 g/mol. The SMILES string of the molecule is CC(CC1CCC1)NCC(=O)NC(C)(C)C. The van der Waals surface area contributed by atoms with Crippen molar-refractivity contribution in [3.8, 4) is 0 Å². The molecule has 1 unspecified atom stereocenters. The Hall–Kier alpha value is -0.570. The molecule has 0 spiro atoms. The number of hydrogen-bond acceptors (Lipinski definition) is 2. The lowest BCUT2D eigenvalue weighted by atomic mass is 9.81. The molecule has 0 aromatic heterocycles. The Morgan fingerprint density at radius 1 is 1.38 bits per heavy atom. The van der Waals surface area contributed by atoms with Crippen molar-refractivity contribution >= 4 is 5.91 Å². The first-order chi connectivity index (χ1) is 7.37. The standard InChI is InChI=1S/C13H26N2O/c1-10(8-11-6-5-7-11)14-9-12(16)15-13(2,3)4/h10-11,14H,5-9H2,1-4H3,(H,15,16). The smallest absolute Gasteiger partial charge is 0.234 e. The fourth-order valence-electron chi connectivity index (χ4n) is 2.04. The summed E-state index contributed by atoms with van der Waals surface area (Å²) in [6.07, 6.45) is 5.35. The quantitative estimate of drug-likeness (QED) is 0.753. The third kappa shape index (κ3) is 5.50. The minimum Gasteiger partial charge on any atom is -0.350 e. The number of rotatable bonds is 5. The van der Waals surface area contributed by atoms with Gasteiger partial charge in [-0.05, 0) is 40.0 Å². The van der Waals surface area contributed by atoms with Gasteiger partial charge in [0.25, 0.3) is 0 Å². The summed E-state index contributed by atoms with van der Waals surface area (Å²) in [5.41, 5.74) is -0.129. The van der Waals surface area contributed by atoms with E-state index in [1.807, 2.05) is 20.8 Å². The lowest BCUT2D eigenvalue weighted by molar-refractivity contribution is -0.121. The Morgan fingerprint density at radius 3 is 2.44 bits per heavy atom. The summed E-state index contributed by atoms with van der Waals surface area (Å²) in [6, 6.07) is 0.455. The zero-order valence-corrected chi connectivity index (χ0v) is 11.1. The summed E-state index contributed by atoms with van der Waals surface area (Å²) in [4.78, 5) is 11.6. The molecule has 1 aliphatic carbocycles. The largest absolute Gasteiger partial charge is 0.350 e. The second-order valence-corrected chi connectivity index (χ2v) is 6.11. The number of nitrogens with one attached hydrogen (secondary N) is 2. The van der Waals surface area contributed by atoms with Crippen LogP contribution >= 0.6 is 0 Å². The molecule has 3 nitrogen and oxygen atoms in total. The first-order valence-corrected chi connectivity index (χ1v) is 6.41. The first kappa shape index (κ1) is 13.5. The zero-order chi connectivity index (χ0) is 12.2. The van der Waals surface area contributed by atoms with Gasteiger partial charge in [0, 0.05) is 11.6 Å². The third-order valence-corrected chi connectivity index (χ3v) is 3.04. The van der Waals surface area contributed by atoms with Crippen molar-refractivity contribution in [1.29, 1.82) is 0 Å². The first-order valence-electron chi connectivity index (χ1n) is 6.41. The van der Waals surface area contributed by atoms with Crippen LogP contribution < -0.4 is 10.6 Å². The molecule has 1 aliphatic rings. The van der Waals surface area contributed by atoms with E-state index < -0.39 is 0 Å². The summed E-state index contributed by atoms with van der Waals surface area (Å²) in [5.74, 6) is 0.987. The molecule has 3 heteroatoms. The lowest BCUT2D eigenvalue weighted by Crippen LogP contribution is -2.46. The number of amides is 1. The Balaban J connectivity index is 2.10. The van der Waals surface area contributed by atoms with E-state index in [1.54, 1.807) is 0 Å². The van der Waals surface area contributed by atoms with Gasteiger partial charge in [-0.25, -0.2) is 0 Å². The van der Waals surface area contributed by atoms with E-state index >= 15 is 0 Å². The molecular formula is C13H26N2O. The van der Waals surface area contributed by atoms with Crippen molar-refractivity contribution < 1.29 is 4.79 Å². The molecule has 1 fully saturated rings. The van der Waals surface area contributed by atoms with Gasteiger partial charge in [0.15, 0.2) is 0 Å². The van der Waals surface area contributed by atoms with E-state index in [1.165, 1.54) is 25.7 Å². The van der Waals surface area contributed by atoms with Crippen LogP contribution in [0, 0.1) is 5.92 Å². The number of hydrogen-bond donors (Lipinski definition) is 2. The van der Waals surface area contributed by atoms with Gasteiger partial charge in [0.1, 0.15) is 0 Å². The van der Waals surface area contributed by atoms with Crippen LogP contribution in [0.15, 0.2) is 0 Å². The highest BCUT2D eigenvalue weighted by molar-refractivity contribution is 5.78. The molecule has 1 rings (SSSR count). The van der Waals surface area contributed by atoms with Crippen molar-refractivity contribution in [3.63, 3.8) is 0 Å². The maximum absolute atomic E-state index is 11.6. The van der Waals surface area contributed by atoms with Crippen LogP contribution in [-0.2, 0) is 4.79 Å². The highest BCUT2D eigenvalue weighted by Gasteiger charge is 2.20. The molecule has 0 bridgehead atoms. The van der Waals surface area contributed by atoms with Crippen LogP contribution in [0.1, 0.15) is 53.4 Å². The van der Waals surface area contributed by atoms with E-state index in [9.17, 15) is 4.79 Å². The monoisotopic (exact) mass is 226 g/mol. The average molecular weight is 226 g/mol. The van der Waals surface area contributed by atoms with Gasteiger partial charge < -0.3 is 10.6 Å². The van der Waals surface area contributed by atoms with Crippen molar-refractivity contribution in [3.05, 3.63) is 0 Å². The van der Waals surface area contributed by atoms with Crippen molar-refractivity contribution in [2.24, 2.45) is 5.92 Å². The summed E-state index contributed by atoms with van der Waals surface area (Å²) >= 11 is 0. The van der Waals surface area contributed by atoms with E-state index in [4.69, 9.17) is 0 Å². The molecule has 0 radical (unpaired) electrons. The van der Waals surface area contributed by atoms with Gasteiger partial charge in [-0.1, -0.05) is 19.3 Å². The van der Waals surface area contributed by atoms with Crippen molar-refractivity contribution in [2.45, 2.75) is 65.0 Å². The molecule has 94 valence electrons. The second kappa shape index (κ2) is 5.67. The van der Waals surface area contributed by atoms with Crippen LogP contribution in [-0.4, -0.2) is 24.0 Å². The summed E-state index contributed by atoms with van der Waals surface area (Å²) < 4.78 is 0. The van der Waals surface area contributed by atoms with Crippen LogP contribution in [0.25, 0.3) is 0 Å². The van der Waals surface area contributed by atoms with E-state index in [2.05, 4.69) is 17.6 Å². The summed E-state index contributed by atoms with van der Waals surface area (Å²) in [7, 11) is 0. The summed E-state index contributed by atoms with van der Waals surface area (Å²) in [6.45, 7) is 8.61. The van der Waals surface area contributed by atoms with Gasteiger partial charge >= 0.3 is 0 Å². The average Bonchev–Trinajstić information content (AvgIpc) is 2.05. The van der Waals surface area contributed by atoms with Gasteiger partial charge in [0.05, 0.1) is 6.54 Å². The molecule has 0 aliphatic heterocycles. The fourth-order valence-corrected chi connectivity index (χ4v) is 2.04. The zero-order valence-electron chi connectivity index (χ0n) is 11.1. The molecule has 1 saturated carbocycles. The van der Waals surface area contributed by atoms with E-state index in [-0.39, 0.29) is 11.4 Å². The van der Waals surface area contributed by atoms with Crippen LogP contribution in [0.5, 0.6) is 0 Å². The second-order valence-electron chi connectivity index (χ2n) is 6.11. The number of carbonyl (C=O) groups excluding carboxylic acids is 1. The predicted molar refractivity (Wildman–Crippen MR) is 67.3 cm³/mol.